The minimum Gasteiger partial charge on any atom is -0.360 e. The van der Waals surface area contributed by atoms with Crippen molar-refractivity contribution in [3.8, 4) is 0 Å². The van der Waals surface area contributed by atoms with Crippen LogP contribution in [-0.4, -0.2) is 31.6 Å². The molecule has 23 heavy (non-hydrogen) atoms. The predicted molar refractivity (Wildman–Crippen MR) is 86.7 cm³/mol. The van der Waals surface area contributed by atoms with Crippen molar-refractivity contribution in [2.75, 3.05) is 0 Å². The number of carbonyl (C=O) groups is 1. The Bertz CT molecular complexity index is 900. The molecule has 0 saturated heterocycles. The highest BCUT2D eigenvalue weighted by Gasteiger charge is 2.31. The highest BCUT2D eigenvalue weighted by atomic mass is 16.2. The van der Waals surface area contributed by atoms with Crippen molar-refractivity contribution < 1.29 is 4.79 Å². The molecule has 0 spiro atoms. The summed E-state index contributed by atoms with van der Waals surface area (Å²) >= 11 is 0. The van der Waals surface area contributed by atoms with Crippen LogP contribution in [0.25, 0.3) is 11.0 Å². The van der Waals surface area contributed by atoms with Crippen LogP contribution in [-0.2, 0) is 4.79 Å². The molecule has 6 heteroatoms. The zero-order valence-corrected chi connectivity index (χ0v) is 12.6. The van der Waals surface area contributed by atoms with Crippen molar-refractivity contribution in [1.82, 2.24) is 20.0 Å². The number of aromatic nitrogens is 3. The van der Waals surface area contributed by atoms with Gasteiger partial charge in [-0.2, -0.15) is 5.10 Å². The number of amides is 1. The molecule has 3 aromatic rings. The van der Waals surface area contributed by atoms with Gasteiger partial charge in [0.2, 0.25) is 5.91 Å². The summed E-state index contributed by atoms with van der Waals surface area (Å²) in [6.45, 7) is 1.54. The van der Waals surface area contributed by atoms with Crippen LogP contribution in [0.15, 0.2) is 54.0 Å². The molecular weight excluding hydrogens is 290 g/mol. The third kappa shape index (κ3) is 2.38. The van der Waals surface area contributed by atoms with Gasteiger partial charge in [-0.05, 0) is 29.8 Å². The van der Waals surface area contributed by atoms with Gasteiger partial charge in [0.05, 0.1) is 28.5 Å². The average Bonchev–Trinajstić information content (AvgIpc) is 3.23. The number of carbonyl (C=O) groups excluding carboxylic acids is 1. The molecule has 1 atom stereocenters. The summed E-state index contributed by atoms with van der Waals surface area (Å²) in [4.78, 5) is 23.8. The Balaban J connectivity index is 1.73. The van der Waals surface area contributed by atoms with Crippen LogP contribution >= 0.6 is 0 Å². The first-order valence-corrected chi connectivity index (χ1v) is 7.44. The average molecular weight is 305 g/mol. The van der Waals surface area contributed by atoms with E-state index in [0.29, 0.717) is 6.42 Å². The van der Waals surface area contributed by atoms with E-state index >= 15 is 0 Å². The van der Waals surface area contributed by atoms with E-state index in [4.69, 9.17) is 0 Å². The molecule has 2 aromatic heterocycles. The minimum absolute atomic E-state index is 0.0733. The van der Waals surface area contributed by atoms with Crippen LogP contribution in [0.5, 0.6) is 0 Å². The quantitative estimate of drug-likeness (QED) is 0.791. The molecular formula is C17H15N5O. The Morgan fingerprint density at radius 3 is 2.78 bits per heavy atom. The third-order valence-electron chi connectivity index (χ3n) is 4.02. The van der Waals surface area contributed by atoms with Crippen molar-refractivity contribution in [1.29, 1.82) is 0 Å². The van der Waals surface area contributed by atoms with Crippen molar-refractivity contribution in [2.45, 2.75) is 19.4 Å². The summed E-state index contributed by atoms with van der Waals surface area (Å²) in [7, 11) is 0. The third-order valence-corrected chi connectivity index (χ3v) is 4.02. The highest BCUT2D eigenvalue weighted by Crippen LogP contribution is 2.33. The molecule has 0 aliphatic carbocycles. The number of H-pyrrole nitrogens is 1. The van der Waals surface area contributed by atoms with Crippen LogP contribution < -0.4 is 0 Å². The van der Waals surface area contributed by atoms with Gasteiger partial charge in [-0.25, -0.2) is 5.01 Å². The summed E-state index contributed by atoms with van der Waals surface area (Å²) in [6, 6.07) is 9.68. The van der Waals surface area contributed by atoms with Gasteiger partial charge in [-0.3, -0.25) is 14.8 Å². The maximum absolute atomic E-state index is 12.0. The largest absolute Gasteiger partial charge is 0.360 e. The lowest BCUT2D eigenvalue weighted by Crippen LogP contribution is -2.24. The number of nitrogens with zero attached hydrogens (tertiary/aromatic N) is 4. The number of hydrogen-bond donors (Lipinski definition) is 1. The molecule has 0 saturated carbocycles. The van der Waals surface area contributed by atoms with Gasteiger partial charge in [-0.1, -0.05) is 6.07 Å². The lowest BCUT2D eigenvalue weighted by atomic mass is 10.00. The van der Waals surface area contributed by atoms with Gasteiger partial charge >= 0.3 is 0 Å². The first kappa shape index (κ1) is 13.6. The molecule has 6 nitrogen and oxygen atoms in total. The van der Waals surface area contributed by atoms with Gasteiger partial charge in [0.15, 0.2) is 0 Å². The zero-order valence-electron chi connectivity index (χ0n) is 12.6. The molecule has 0 unspecified atom stereocenters. The lowest BCUT2D eigenvalue weighted by Gasteiger charge is -2.20. The Morgan fingerprint density at radius 2 is 2.04 bits per heavy atom. The van der Waals surface area contributed by atoms with Gasteiger partial charge in [0.1, 0.15) is 0 Å². The van der Waals surface area contributed by atoms with Gasteiger partial charge in [0.25, 0.3) is 0 Å². The van der Waals surface area contributed by atoms with Crippen LogP contribution in [0, 0.1) is 0 Å². The number of hydrazone groups is 1. The SMILES string of the molecule is CC(=O)N1N=C(c2ccc[nH]2)C[C@H]1c1ccc2nccnc2c1. The van der Waals surface area contributed by atoms with Gasteiger partial charge in [0, 0.05) is 31.9 Å². The normalized spacial score (nSPS) is 17.5. The molecule has 0 fully saturated rings. The summed E-state index contributed by atoms with van der Waals surface area (Å²) in [5.74, 6) is -0.0733. The molecule has 4 rings (SSSR count). The Hall–Kier alpha value is -3.02. The van der Waals surface area contributed by atoms with E-state index in [0.717, 1.165) is 28.0 Å². The van der Waals surface area contributed by atoms with Crippen molar-refractivity contribution >= 4 is 22.7 Å². The second kappa shape index (κ2) is 5.31. The molecule has 0 radical (unpaired) electrons. The maximum atomic E-state index is 12.0. The molecule has 1 aliphatic heterocycles. The first-order valence-electron chi connectivity index (χ1n) is 7.44. The van der Waals surface area contributed by atoms with E-state index in [2.05, 4.69) is 20.1 Å². The Labute approximate surface area is 132 Å². The molecule has 1 aromatic carbocycles. The van der Waals surface area contributed by atoms with E-state index in [1.165, 1.54) is 6.92 Å². The van der Waals surface area contributed by atoms with Crippen LogP contribution in [0.4, 0.5) is 0 Å². The topological polar surface area (TPSA) is 74.2 Å². The number of rotatable bonds is 2. The first-order chi connectivity index (χ1) is 11.2. The second-order valence-electron chi connectivity index (χ2n) is 5.52. The number of aromatic amines is 1. The second-order valence-corrected chi connectivity index (χ2v) is 5.52. The molecule has 1 N–H and O–H groups in total. The summed E-state index contributed by atoms with van der Waals surface area (Å²) in [6.07, 6.45) is 5.87. The predicted octanol–water partition coefficient (Wildman–Crippen LogP) is 2.66. The molecule has 3 heterocycles. The number of fused-ring (bicyclic) bond motifs is 1. The number of hydrogen-bond acceptors (Lipinski definition) is 4. The fraction of sp³-hybridized carbons (Fsp3) is 0.176. The monoisotopic (exact) mass is 305 g/mol. The summed E-state index contributed by atoms with van der Waals surface area (Å²) in [5.41, 5.74) is 4.50. The van der Waals surface area contributed by atoms with Gasteiger partial charge < -0.3 is 4.98 Å². The lowest BCUT2D eigenvalue weighted by molar-refractivity contribution is -0.130. The fourth-order valence-electron chi connectivity index (χ4n) is 2.92. The minimum atomic E-state index is -0.114. The fourth-order valence-corrected chi connectivity index (χ4v) is 2.92. The van der Waals surface area contributed by atoms with E-state index < -0.39 is 0 Å². The molecule has 0 bridgehead atoms. The van der Waals surface area contributed by atoms with E-state index in [9.17, 15) is 4.79 Å². The zero-order chi connectivity index (χ0) is 15.8. The van der Waals surface area contributed by atoms with E-state index in [1.807, 2.05) is 36.5 Å². The number of nitrogens with one attached hydrogen (secondary N) is 1. The summed E-state index contributed by atoms with van der Waals surface area (Å²) in [5, 5.41) is 6.05. The smallest absolute Gasteiger partial charge is 0.240 e. The van der Waals surface area contributed by atoms with Gasteiger partial charge in [-0.15, -0.1) is 0 Å². The van der Waals surface area contributed by atoms with Crippen molar-refractivity contribution in [2.24, 2.45) is 5.10 Å². The van der Waals surface area contributed by atoms with Crippen molar-refractivity contribution in [3.63, 3.8) is 0 Å². The molecule has 1 amide bonds. The van der Waals surface area contributed by atoms with E-state index in [1.54, 1.807) is 17.4 Å². The standard InChI is InChI=1S/C17H15N5O/c1-11(23)22-17(10-16(21-22)13-3-2-6-18-13)12-4-5-14-15(9-12)20-8-7-19-14/h2-9,17-18H,10H2,1H3/t17-/m0/s1. The Kier molecular flexibility index (Phi) is 3.15. The van der Waals surface area contributed by atoms with Crippen LogP contribution in [0.2, 0.25) is 0 Å². The maximum Gasteiger partial charge on any atom is 0.240 e. The molecule has 114 valence electrons. The Morgan fingerprint density at radius 1 is 1.22 bits per heavy atom. The highest BCUT2D eigenvalue weighted by molar-refractivity contribution is 6.01. The van der Waals surface area contributed by atoms with Crippen molar-refractivity contribution in [3.05, 3.63) is 60.2 Å². The summed E-state index contributed by atoms with van der Waals surface area (Å²) < 4.78 is 0. The van der Waals surface area contributed by atoms with E-state index in [-0.39, 0.29) is 11.9 Å². The van der Waals surface area contributed by atoms with Crippen LogP contribution in [0.3, 0.4) is 0 Å². The number of benzene rings is 1. The molecule has 1 aliphatic rings. The van der Waals surface area contributed by atoms with Crippen LogP contribution in [0.1, 0.15) is 30.6 Å².